The smallest absolute Gasteiger partial charge is 0.273 e. The molecule has 0 bridgehead atoms. The first-order chi connectivity index (χ1) is 18.2. The summed E-state index contributed by atoms with van der Waals surface area (Å²) >= 11 is 0. The molecule has 5 aromatic rings. The molecule has 0 aliphatic rings. The van der Waals surface area contributed by atoms with E-state index in [9.17, 15) is 9.59 Å². The predicted molar refractivity (Wildman–Crippen MR) is 149 cm³/mol. The molecule has 1 amide bonds. The second-order valence-corrected chi connectivity index (χ2v) is 10.1. The third-order valence-electron chi connectivity index (χ3n) is 6.20. The number of pyridine rings is 1. The van der Waals surface area contributed by atoms with Crippen molar-refractivity contribution in [2.45, 2.75) is 26.2 Å². The zero-order chi connectivity index (χ0) is 26.9. The van der Waals surface area contributed by atoms with Crippen LogP contribution in [0.15, 0.2) is 79.1 Å². The second kappa shape index (κ2) is 9.89. The van der Waals surface area contributed by atoms with E-state index in [1.165, 1.54) is 0 Å². The van der Waals surface area contributed by atoms with Crippen molar-refractivity contribution in [2.24, 2.45) is 7.05 Å². The number of aryl methyl sites for hydroxylation is 1. The first-order valence-corrected chi connectivity index (χ1v) is 12.3. The van der Waals surface area contributed by atoms with Crippen molar-refractivity contribution >= 4 is 40.6 Å². The lowest BCUT2D eigenvalue weighted by Gasteiger charge is -2.13. The van der Waals surface area contributed by atoms with Crippen LogP contribution < -0.4 is 5.32 Å². The third-order valence-corrected chi connectivity index (χ3v) is 6.20. The Hall–Kier alpha value is -4.85. The van der Waals surface area contributed by atoms with Crippen LogP contribution in [0.2, 0.25) is 0 Å². The number of benzene rings is 2. The zero-order valence-electron chi connectivity index (χ0n) is 21.7. The number of nitrogens with one attached hydrogen (secondary N) is 1. The molecule has 3 aromatic heterocycles. The van der Waals surface area contributed by atoms with E-state index in [-0.39, 0.29) is 17.1 Å². The lowest BCUT2D eigenvalue weighted by molar-refractivity contribution is 0.101. The summed E-state index contributed by atoms with van der Waals surface area (Å²) < 4.78 is 3.29. The minimum Gasteiger partial charge on any atom is -0.321 e. The summed E-state index contributed by atoms with van der Waals surface area (Å²) in [6.07, 6.45) is 7.17. The Morgan fingerprint density at radius 2 is 1.76 bits per heavy atom. The number of anilines is 1. The van der Waals surface area contributed by atoms with Crippen LogP contribution in [0.4, 0.5) is 5.69 Å². The van der Waals surface area contributed by atoms with E-state index in [2.05, 4.69) is 20.5 Å². The van der Waals surface area contributed by atoms with E-state index >= 15 is 0 Å². The Kier molecular flexibility index (Phi) is 6.46. The van der Waals surface area contributed by atoms with Crippen molar-refractivity contribution in [1.29, 1.82) is 0 Å². The number of hydrogen-bond acceptors (Lipinski definition) is 5. The quantitative estimate of drug-likeness (QED) is 0.305. The number of amides is 1. The van der Waals surface area contributed by atoms with E-state index in [4.69, 9.17) is 0 Å². The van der Waals surface area contributed by atoms with E-state index in [0.717, 1.165) is 22.3 Å². The van der Waals surface area contributed by atoms with Gasteiger partial charge in [0.25, 0.3) is 5.91 Å². The number of aromatic nitrogens is 5. The van der Waals surface area contributed by atoms with Gasteiger partial charge in [0, 0.05) is 47.1 Å². The van der Waals surface area contributed by atoms with Gasteiger partial charge in [-0.25, -0.2) is 4.68 Å². The number of carbonyl (C=O) groups excluding carboxylic acids is 2. The SMILES string of the molecule is Cn1nc(C(C)(C)C)cc1C(=O)Nc1cccc(C(=O)c2ccc3cnn(C=Cc4ccccn4)c3c2)c1. The molecule has 1 N–H and O–H groups in total. The molecule has 0 atom stereocenters. The fourth-order valence-electron chi connectivity index (χ4n) is 4.07. The molecule has 38 heavy (non-hydrogen) atoms. The lowest BCUT2D eigenvalue weighted by atomic mass is 9.92. The standard InChI is InChI=1S/C30H28N6O2/c1-30(2,3)27-18-26(35(4)34-27)29(38)33-24-10-7-8-20(16-24)28(37)21-11-12-22-19-32-36(25(22)17-21)15-13-23-9-5-6-14-31-23/h5-19H,1-4H3,(H,33,38). The van der Waals surface area contributed by atoms with Crippen LogP contribution in [0.5, 0.6) is 0 Å². The minimum absolute atomic E-state index is 0.153. The summed E-state index contributed by atoms with van der Waals surface area (Å²) in [5.74, 6) is -0.440. The van der Waals surface area contributed by atoms with Crippen LogP contribution in [0.1, 0.15) is 58.6 Å². The van der Waals surface area contributed by atoms with Gasteiger partial charge >= 0.3 is 0 Å². The van der Waals surface area contributed by atoms with E-state index in [1.807, 2.05) is 63.4 Å². The van der Waals surface area contributed by atoms with Crippen molar-refractivity contribution in [2.75, 3.05) is 5.32 Å². The highest BCUT2D eigenvalue weighted by Crippen LogP contribution is 2.23. The van der Waals surface area contributed by atoms with Gasteiger partial charge < -0.3 is 5.32 Å². The average Bonchev–Trinajstić information content (AvgIpc) is 3.51. The predicted octanol–water partition coefficient (Wildman–Crippen LogP) is 5.57. The highest BCUT2D eigenvalue weighted by Gasteiger charge is 2.22. The Morgan fingerprint density at radius 3 is 2.50 bits per heavy atom. The van der Waals surface area contributed by atoms with Crippen LogP contribution in [0.3, 0.4) is 0 Å². The third kappa shape index (κ3) is 5.15. The maximum atomic E-state index is 13.4. The van der Waals surface area contributed by atoms with E-state index in [1.54, 1.807) is 65.2 Å². The van der Waals surface area contributed by atoms with Gasteiger partial charge in [-0.15, -0.1) is 0 Å². The first-order valence-electron chi connectivity index (χ1n) is 12.3. The fraction of sp³-hybridized carbons (Fsp3) is 0.167. The Labute approximate surface area is 220 Å². The number of carbonyl (C=O) groups is 2. The van der Waals surface area contributed by atoms with Gasteiger partial charge in [-0.05, 0) is 42.5 Å². The highest BCUT2D eigenvalue weighted by atomic mass is 16.2. The monoisotopic (exact) mass is 504 g/mol. The molecular weight excluding hydrogens is 476 g/mol. The van der Waals surface area contributed by atoms with Crippen LogP contribution >= 0.6 is 0 Å². The van der Waals surface area contributed by atoms with Gasteiger partial charge in [0.05, 0.1) is 23.1 Å². The summed E-state index contributed by atoms with van der Waals surface area (Å²) in [6, 6.07) is 19.9. The molecule has 0 saturated carbocycles. The molecule has 0 fully saturated rings. The average molecular weight is 505 g/mol. The molecular formula is C30H28N6O2. The largest absolute Gasteiger partial charge is 0.321 e. The number of fused-ring (bicyclic) bond motifs is 1. The van der Waals surface area contributed by atoms with Crippen molar-refractivity contribution in [3.8, 4) is 0 Å². The number of ketones is 1. The van der Waals surface area contributed by atoms with Crippen molar-refractivity contribution in [3.05, 3.63) is 107 Å². The van der Waals surface area contributed by atoms with Gasteiger partial charge in [0.2, 0.25) is 0 Å². The molecule has 5 rings (SSSR count). The summed E-state index contributed by atoms with van der Waals surface area (Å²) in [5.41, 5.74) is 4.24. The molecule has 8 nitrogen and oxygen atoms in total. The molecule has 0 unspecified atom stereocenters. The molecule has 0 radical (unpaired) electrons. The number of hydrogen-bond donors (Lipinski definition) is 1. The molecule has 0 saturated heterocycles. The molecule has 3 heterocycles. The van der Waals surface area contributed by atoms with Gasteiger partial charge in [-0.3, -0.25) is 19.3 Å². The van der Waals surface area contributed by atoms with Crippen molar-refractivity contribution in [3.63, 3.8) is 0 Å². The Balaban J connectivity index is 1.37. The maximum absolute atomic E-state index is 13.4. The summed E-state index contributed by atoms with van der Waals surface area (Å²) in [5, 5.41) is 12.7. The van der Waals surface area contributed by atoms with Crippen LogP contribution in [-0.2, 0) is 12.5 Å². The summed E-state index contributed by atoms with van der Waals surface area (Å²) in [6.45, 7) is 6.15. The topological polar surface area (TPSA) is 94.7 Å². The molecule has 2 aromatic carbocycles. The van der Waals surface area contributed by atoms with Crippen LogP contribution in [0, 0.1) is 0 Å². The summed E-state index contributed by atoms with van der Waals surface area (Å²) in [7, 11) is 1.75. The number of rotatable bonds is 6. The second-order valence-electron chi connectivity index (χ2n) is 10.1. The highest BCUT2D eigenvalue weighted by molar-refractivity contribution is 6.11. The minimum atomic E-state index is -0.287. The van der Waals surface area contributed by atoms with E-state index < -0.39 is 0 Å². The normalized spacial score (nSPS) is 11.8. The Morgan fingerprint density at radius 1 is 0.947 bits per heavy atom. The molecule has 0 aliphatic carbocycles. The Bertz CT molecular complexity index is 1670. The molecule has 190 valence electrons. The van der Waals surface area contributed by atoms with Gasteiger partial charge in [0.1, 0.15) is 5.69 Å². The van der Waals surface area contributed by atoms with Crippen molar-refractivity contribution < 1.29 is 9.59 Å². The fourth-order valence-corrected chi connectivity index (χ4v) is 4.07. The van der Waals surface area contributed by atoms with Crippen LogP contribution in [-0.4, -0.2) is 36.2 Å². The van der Waals surface area contributed by atoms with Gasteiger partial charge in [-0.1, -0.05) is 51.1 Å². The van der Waals surface area contributed by atoms with Crippen molar-refractivity contribution in [1.82, 2.24) is 24.5 Å². The summed E-state index contributed by atoms with van der Waals surface area (Å²) in [4.78, 5) is 30.7. The van der Waals surface area contributed by atoms with E-state index in [0.29, 0.717) is 22.5 Å². The van der Waals surface area contributed by atoms with Crippen LogP contribution in [0.25, 0.3) is 23.2 Å². The van der Waals surface area contributed by atoms with Gasteiger partial charge in [0.15, 0.2) is 5.78 Å². The first kappa shape index (κ1) is 24.8. The van der Waals surface area contributed by atoms with Gasteiger partial charge in [-0.2, -0.15) is 10.2 Å². The zero-order valence-corrected chi connectivity index (χ0v) is 21.7. The lowest BCUT2D eigenvalue weighted by Crippen LogP contribution is -2.16. The molecule has 0 spiro atoms. The number of nitrogens with zero attached hydrogens (tertiary/aromatic N) is 5. The molecule has 0 aliphatic heterocycles. The molecule has 8 heteroatoms. The maximum Gasteiger partial charge on any atom is 0.273 e.